The molecule has 0 bridgehead atoms. The van der Waals surface area contributed by atoms with Crippen molar-refractivity contribution in [1.82, 2.24) is 4.90 Å². The molecule has 0 saturated heterocycles. The molecular formula is C14H19NO4. The summed E-state index contributed by atoms with van der Waals surface area (Å²) >= 11 is 0. The zero-order valence-corrected chi connectivity index (χ0v) is 11.3. The van der Waals surface area contributed by atoms with E-state index < -0.39 is 5.97 Å². The molecular weight excluding hydrogens is 246 g/mol. The molecule has 0 spiro atoms. The molecule has 1 rings (SSSR count). The lowest BCUT2D eigenvalue weighted by molar-refractivity contribution is -0.131. The van der Waals surface area contributed by atoms with Crippen LogP contribution in [0.5, 0.6) is 0 Å². The third kappa shape index (κ3) is 5.09. The zero-order valence-electron chi connectivity index (χ0n) is 11.3. The van der Waals surface area contributed by atoms with Gasteiger partial charge in [-0.1, -0.05) is 12.1 Å². The van der Waals surface area contributed by atoms with Gasteiger partial charge in [-0.05, 0) is 24.6 Å². The fraction of sp³-hybridized carbons (Fsp3) is 0.429. The maximum atomic E-state index is 11.7. The van der Waals surface area contributed by atoms with Crippen LogP contribution in [0.4, 0.5) is 0 Å². The lowest BCUT2D eigenvalue weighted by atomic mass is 10.1. The molecule has 5 nitrogen and oxygen atoms in total. The molecule has 1 amide bonds. The summed E-state index contributed by atoms with van der Waals surface area (Å²) in [5.41, 5.74) is 1.14. The topological polar surface area (TPSA) is 66.8 Å². The Kier molecular flexibility index (Phi) is 6.02. The summed E-state index contributed by atoms with van der Waals surface area (Å²) in [6, 6.07) is 6.51. The summed E-state index contributed by atoms with van der Waals surface area (Å²) < 4.78 is 5.13. The maximum absolute atomic E-state index is 11.7. The Morgan fingerprint density at radius 2 is 1.89 bits per heavy atom. The first kappa shape index (κ1) is 15.2. The second-order valence-electron chi connectivity index (χ2n) is 4.20. The number of rotatable bonds is 7. The smallest absolute Gasteiger partial charge is 0.335 e. The number of hydrogen-bond donors (Lipinski definition) is 1. The molecule has 5 heteroatoms. The molecule has 0 saturated carbocycles. The number of hydrogen-bond acceptors (Lipinski definition) is 3. The summed E-state index contributed by atoms with van der Waals surface area (Å²) in [7, 11) is 1.72. The average molecular weight is 265 g/mol. The highest BCUT2D eigenvalue weighted by atomic mass is 16.5. The Balaban J connectivity index is 2.49. The van der Waals surface area contributed by atoms with Gasteiger partial charge in [-0.2, -0.15) is 0 Å². The van der Waals surface area contributed by atoms with E-state index in [-0.39, 0.29) is 11.5 Å². The normalized spacial score (nSPS) is 10.2. The van der Waals surface area contributed by atoms with Crippen molar-refractivity contribution >= 4 is 11.9 Å². The third-order valence-corrected chi connectivity index (χ3v) is 2.71. The van der Waals surface area contributed by atoms with Gasteiger partial charge in [0, 0.05) is 20.2 Å². The largest absolute Gasteiger partial charge is 0.478 e. The standard InChI is InChI=1S/C14H19NO4/c1-3-19-9-8-13(16)15(2)10-11-4-6-12(7-5-11)14(17)18/h4-7H,3,8-10H2,1-2H3,(H,17,18). The van der Waals surface area contributed by atoms with Gasteiger partial charge in [0.1, 0.15) is 0 Å². The van der Waals surface area contributed by atoms with E-state index in [4.69, 9.17) is 9.84 Å². The van der Waals surface area contributed by atoms with Crippen molar-refractivity contribution in [2.24, 2.45) is 0 Å². The van der Waals surface area contributed by atoms with E-state index in [9.17, 15) is 9.59 Å². The molecule has 0 fully saturated rings. The number of carbonyl (C=O) groups excluding carboxylic acids is 1. The summed E-state index contributed by atoms with van der Waals surface area (Å²) in [4.78, 5) is 24.1. The van der Waals surface area contributed by atoms with Gasteiger partial charge in [-0.15, -0.1) is 0 Å². The Morgan fingerprint density at radius 3 is 2.42 bits per heavy atom. The highest BCUT2D eigenvalue weighted by Gasteiger charge is 2.09. The van der Waals surface area contributed by atoms with E-state index in [1.807, 2.05) is 6.92 Å². The number of carboxylic acids is 1. The van der Waals surface area contributed by atoms with Gasteiger partial charge in [0.2, 0.25) is 5.91 Å². The highest BCUT2D eigenvalue weighted by Crippen LogP contribution is 2.07. The van der Waals surface area contributed by atoms with Crippen molar-refractivity contribution in [3.63, 3.8) is 0 Å². The van der Waals surface area contributed by atoms with Gasteiger partial charge >= 0.3 is 5.97 Å². The van der Waals surface area contributed by atoms with Crippen LogP contribution in [-0.4, -0.2) is 42.1 Å². The first-order valence-electron chi connectivity index (χ1n) is 6.18. The molecule has 1 N–H and O–H groups in total. The predicted octanol–water partition coefficient (Wildman–Crippen LogP) is 1.77. The second kappa shape index (κ2) is 7.53. The minimum atomic E-state index is -0.951. The molecule has 0 aromatic heterocycles. The summed E-state index contributed by atoms with van der Waals surface area (Å²) in [6.45, 7) is 3.38. The molecule has 0 aliphatic heterocycles. The minimum Gasteiger partial charge on any atom is -0.478 e. The van der Waals surface area contributed by atoms with Crippen LogP contribution in [0.25, 0.3) is 0 Å². The molecule has 0 aliphatic rings. The van der Waals surface area contributed by atoms with E-state index in [1.54, 1.807) is 24.1 Å². The lowest BCUT2D eigenvalue weighted by Gasteiger charge is -2.17. The number of carboxylic acid groups (broad SMARTS) is 1. The minimum absolute atomic E-state index is 0.00996. The first-order chi connectivity index (χ1) is 9.04. The molecule has 0 aliphatic carbocycles. The third-order valence-electron chi connectivity index (χ3n) is 2.71. The zero-order chi connectivity index (χ0) is 14.3. The lowest BCUT2D eigenvalue weighted by Crippen LogP contribution is -2.27. The number of benzene rings is 1. The maximum Gasteiger partial charge on any atom is 0.335 e. The van der Waals surface area contributed by atoms with Gasteiger partial charge in [-0.25, -0.2) is 4.79 Å². The fourth-order valence-electron chi connectivity index (χ4n) is 1.61. The molecule has 0 unspecified atom stereocenters. The molecule has 0 atom stereocenters. The van der Waals surface area contributed by atoms with Crippen molar-refractivity contribution in [3.8, 4) is 0 Å². The fourth-order valence-corrected chi connectivity index (χ4v) is 1.61. The van der Waals surface area contributed by atoms with Crippen LogP contribution in [0.15, 0.2) is 24.3 Å². The van der Waals surface area contributed by atoms with Gasteiger partial charge in [-0.3, -0.25) is 4.79 Å². The van der Waals surface area contributed by atoms with E-state index >= 15 is 0 Å². The van der Waals surface area contributed by atoms with Crippen molar-refractivity contribution in [2.45, 2.75) is 19.9 Å². The van der Waals surface area contributed by atoms with Gasteiger partial charge in [0.15, 0.2) is 0 Å². The Hall–Kier alpha value is -1.88. The van der Waals surface area contributed by atoms with Crippen molar-refractivity contribution in [2.75, 3.05) is 20.3 Å². The summed E-state index contributed by atoms with van der Waals surface area (Å²) in [5.74, 6) is -0.941. The first-order valence-corrected chi connectivity index (χ1v) is 6.18. The van der Waals surface area contributed by atoms with Crippen LogP contribution in [0.1, 0.15) is 29.3 Å². The van der Waals surface area contributed by atoms with Crippen LogP contribution in [0.3, 0.4) is 0 Å². The molecule has 104 valence electrons. The summed E-state index contributed by atoms with van der Waals surface area (Å²) in [6.07, 6.45) is 0.359. The summed E-state index contributed by atoms with van der Waals surface area (Å²) in [5, 5.41) is 8.79. The molecule has 1 aromatic carbocycles. The number of carbonyl (C=O) groups is 2. The number of nitrogens with zero attached hydrogens (tertiary/aromatic N) is 1. The van der Waals surface area contributed by atoms with Gasteiger partial charge in [0.25, 0.3) is 0 Å². The Morgan fingerprint density at radius 1 is 1.26 bits per heavy atom. The molecule has 0 heterocycles. The average Bonchev–Trinajstić information content (AvgIpc) is 2.39. The Bertz CT molecular complexity index is 428. The van der Waals surface area contributed by atoms with Gasteiger partial charge in [0.05, 0.1) is 18.6 Å². The number of amides is 1. The highest BCUT2D eigenvalue weighted by molar-refractivity contribution is 5.87. The van der Waals surface area contributed by atoms with Crippen LogP contribution >= 0.6 is 0 Å². The Labute approximate surface area is 112 Å². The molecule has 1 aromatic rings. The number of aromatic carboxylic acids is 1. The van der Waals surface area contributed by atoms with E-state index in [0.29, 0.717) is 26.2 Å². The SMILES string of the molecule is CCOCCC(=O)N(C)Cc1ccc(C(=O)O)cc1. The van der Waals surface area contributed by atoms with Crippen LogP contribution < -0.4 is 0 Å². The van der Waals surface area contributed by atoms with Crippen molar-refractivity contribution in [1.29, 1.82) is 0 Å². The quantitative estimate of drug-likeness (QED) is 0.763. The van der Waals surface area contributed by atoms with Crippen molar-refractivity contribution in [3.05, 3.63) is 35.4 Å². The van der Waals surface area contributed by atoms with E-state index in [0.717, 1.165) is 5.56 Å². The van der Waals surface area contributed by atoms with Crippen LogP contribution in [0, 0.1) is 0 Å². The van der Waals surface area contributed by atoms with Crippen LogP contribution in [-0.2, 0) is 16.1 Å². The van der Waals surface area contributed by atoms with Gasteiger partial charge < -0.3 is 14.7 Å². The number of ether oxygens (including phenoxy) is 1. The van der Waals surface area contributed by atoms with E-state index in [1.165, 1.54) is 12.1 Å². The molecule has 19 heavy (non-hydrogen) atoms. The molecule has 0 radical (unpaired) electrons. The van der Waals surface area contributed by atoms with Crippen molar-refractivity contribution < 1.29 is 19.4 Å². The van der Waals surface area contributed by atoms with Crippen LogP contribution in [0.2, 0.25) is 0 Å². The monoisotopic (exact) mass is 265 g/mol. The second-order valence-corrected chi connectivity index (χ2v) is 4.20. The van der Waals surface area contributed by atoms with E-state index in [2.05, 4.69) is 0 Å². The predicted molar refractivity (Wildman–Crippen MR) is 71.0 cm³/mol.